The summed E-state index contributed by atoms with van der Waals surface area (Å²) < 4.78 is 0. The average molecular weight is 293 g/mol. The van der Waals surface area contributed by atoms with Crippen LogP contribution in [0.15, 0.2) is 0 Å². The van der Waals surface area contributed by atoms with Crippen molar-refractivity contribution < 1.29 is 9.59 Å². The molecule has 0 spiro atoms. The molecule has 2 aliphatic carbocycles. The number of hydrogen-bond acceptors (Lipinski definition) is 2. The van der Waals surface area contributed by atoms with E-state index < -0.39 is 0 Å². The Balaban J connectivity index is 1.42. The second-order valence-corrected chi connectivity index (χ2v) is 6.92. The maximum absolute atomic E-state index is 12.3. The summed E-state index contributed by atoms with van der Waals surface area (Å²) in [5.74, 6) is 1.12. The van der Waals surface area contributed by atoms with Crippen molar-refractivity contribution in [3.63, 3.8) is 0 Å². The lowest BCUT2D eigenvalue weighted by atomic mass is 9.96. The summed E-state index contributed by atoms with van der Waals surface area (Å²) in [5, 5.41) is 3.16. The van der Waals surface area contributed by atoms with Gasteiger partial charge in [-0.15, -0.1) is 0 Å². The predicted octanol–water partition coefficient (Wildman–Crippen LogP) is 1.83. The monoisotopic (exact) mass is 293 g/mol. The van der Waals surface area contributed by atoms with E-state index in [1.165, 1.54) is 19.3 Å². The van der Waals surface area contributed by atoms with Gasteiger partial charge in [-0.25, -0.2) is 4.79 Å². The Morgan fingerprint density at radius 2 is 1.52 bits per heavy atom. The molecule has 1 N–H and O–H groups in total. The Hall–Kier alpha value is -1.26. The predicted molar refractivity (Wildman–Crippen MR) is 80.8 cm³/mol. The number of nitrogens with one attached hydrogen (secondary N) is 1. The van der Waals surface area contributed by atoms with Crippen LogP contribution in [-0.2, 0) is 4.79 Å². The van der Waals surface area contributed by atoms with Crippen LogP contribution in [0.2, 0.25) is 0 Å². The van der Waals surface area contributed by atoms with Gasteiger partial charge in [-0.3, -0.25) is 4.79 Å². The van der Waals surface area contributed by atoms with E-state index in [4.69, 9.17) is 0 Å². The molecule has 0 bridgehead atoms. The number of carbonyl (C=O) groups excluding carboxylic acids is 2. The first-order chi connectivity index (χ1) is 10.1. The highest BCUT2D eigenvalue weighted by atomic mass is 16.2. The molecule has 0 aromatic carbocycles. The average Bonchev–Trinajstić information content (AvgIpc) is 3.24. The van der Waals surface area contributed by atoms with Crippen LogP contribution in [0.4, 0.5) is 4.79 Å². The molecule has 2 saturated carbocycles. The molecule has 3 amide bonds. The van der Waals surface area contributed by atoms with Gasteiger partial charge in [0.05, 0.1) is 0 Å². The van der Waals surface area contributed by atoms with Crippen molar-refractivity contribution in [2.45, 2.75) is 51.5 Å². The Labute approximate surface area is 127 Å². The summed E-state index contributed by atoms with van der Waals surface area (Å²) in [7, 11) is 0. The summed E-state index contributed by atoms with van der Waals surface area (Å²) in [6.07, 6.45) is 7.03. The largest absolute Gasteiger partial charge is 0.339 e. The van der Waals surface area contributed by atoms with E-state index in [0.717, 1.165) is 19.3 Å². The van der Waals surface area contributed by atoms with E-state index in [-0.39, 0.29) is 11.9 Å². The van der Waals surface area contributed by atoms with E-state index in [0.29, 0.717) is 44.0 Å². The van der Waals surface area contributed by atoms with E-state index >= 15 is 0 Å². The van der Waals surface area contributed by atoms with Crippen molar-refractivity contribution in [2.24, 2.45) is 11.8 Å². The first-order valence-corrected chi connectivity index (χ1v) is 8.49. The molecule has 1 saturated heterocycles. The minimum absolute atomic E-state index is 0.0637. The van der Waals surface area contributed by atoms with E-state index in [1.54, 1.807) is 0 Å². The maximum atomic E-state index is 12.3. The van der Waals surface area contributed by atoms with Gasteiger partial charge in [0.1, 0.15) is 0 Å². The van der Waals surface area contributed by atoms with Gasteiger partial charge in [-0.2, -0.15) is 0 Å². The number of amides is 3. The Bertz CT molecular complexity index is 398. The first kappa shape index (κ1) is 14.7. The van der Waals surface area contributed by atoms with Crippen molar-refractivity contribution in [3.05, 3.63) is 0 Å². The molecule has 1 heterocycles. The van der Waals surface area contributed by atoms with Gasteiger partial charge in [-0.1, -0.05) is 26.2 Å². The molecule has 0 radical (unpaired) electrons. The minimum atomic E-state index is 0.0637. The number of piperazine rings is 1. The molecule has 3 aliphatic rings. The number of nitrogens with zero attached hydrogens (tertiary/aromatic N) is 2. The van der Waals surface area contributed by atoms with E-state index in [2.05, 4.69) is 12.2 Å². The smallest absolute Gasteiger partial charge is 0.317 e. The lowest BCUT2D eigenvalue weighted by Crippen LogP contribution is -2.55. The Morgan fingerprint density at radius 1 is 0.952 bits per heavy atom. The Morgan fingerprint density at radius 3 is 2.10 bits per heavy atom. The molecule has 3 fully saturated rings. The molecule has 118 valence electrons. The third kappa shape index (κ3) is 3.50. The van der Waals surface area contributed by atoms with Crippen LogP contribution in [0.5, 0.6) is 0 Å². The second kappa shape index (κ2) is 6.24. The fourth-order valence-corrected chi connectivity index (χ4v) is 3.54. The zero-order valence-corrected chi connectivity index (χ0v) is 13.0. The van der Waals surface area contributed by atoms with Crippen molar-refractivity contribution in [1.29, 1.82) is 0 Å². The van der Waals surface area contributed by atoms with Crippen LogP contribution in [0.3, 0.4) is 0 Å². The molecule has 2 unspecified atom stereocenters. The lowest BCUT2D eigenvalue weighted by molar-refractivity contribution is -0.134. The number of rotatable bonds is 2. The fourth-order valence-electron chi connectivity index (χ4n) is 3.54. The van der Waals surface area contributed by atoms with Gasteiger partial charge < -0.3 is 15.1 Å². The highest BCUT2D eigenvalue weighted by Gasteiger charge is 2.42. The van der Waals surface area contributed by atoms with Gasteiger partial charge >= 0.3 is 6.03 Å². The van der Waals surface area contributed by atoms with E-state index in [1.807, 2.05) is 9.80 Å². The molecule has 0 aromatic heterocycles. The number of carbonyl (C=O) groups is 2. The minimum Gasteiger partial charge on any atom is -0.339 e. The summed E-state index contributed by atoms with van der Waals surface area (Å²) in [6, 6.07) is 0.423. The molecule has 2 atom stereocenters. The van der Waals surface area contributed by atoms with Crippen LogP contribution in [0.1, 0.15) is 45.4 Å². The third-order valence-corrected chi connectivity index (χ3v) is 5.24. The highest BCUT2D eigenvalue weighted by Crippen LogP contribution is 2.39. The summed E-state index contributed by atoms with van der Waals surface area (Å²) in [4.78, 5) is 28.2. The van der Waals surface area contributed by atoms with Crippen LogP contribution in [-0.4, -0.2) is 54.0 Å². The second-order valence-electron chi connectivity index (χ2n) is 6.92. The Kier molecular flexibility index (Phi) is 4.36. The highest BCUT2D eigenvalue weighted by molar-refractivity contribution is 5.82. The molecule has 21 heavy (non-hydrogen) atoms. The van der Waals surface area contributed by atoms with E-state index in [9.17, 15) is 9.59 Å². The molecule has 3 rings (SSSR count). The molecule has 5 nitrogen and oxygen atoms in total. The summed E-state index contributed by atoms with van der Waals surface area (Å²) in [5.41, 5.74) is 0. The third-order valence-electron chi connectivity index (χ3n) is 5.24. The zero-order chi connectivity index (χ0) is 14.8. The molecule has 0 aromatic rings. The molecule has 1 aliphatic heterocycles. The normalized spacial score (nSPS) is 30.1. The standard InChI is InChI=1S/C16H27N3O2/c1-12-11-14(12)15(20)18-7-9-19(10-8-18)16(21)17-13-5-3-2-4-6-13/h12-14H,2-11H2,1H3,(H,17,21). The maximum Gasteiger partial charge on any atom is 0.317 e. The zero-order valence-electron chi connectivity index (χ0n) is 13.0. The first-order valence-electron chi connectivity index (χ1n) is 8.49. The van der Waals surface area contributed by atoms with Crippen LogP contribution >= 0.6 is 0 Å². The van der Waals surface area contributed by atoms with Crippen LogP contribution < -0.4 is 5.32 Å². The van der Waals surface area contributed by atoms with Crippen molar-refractivity contribution in [3.8, 4) is 0 Å². The van der Waals surface area contributed by atoms with Crippen molar-refractivity contribution >= 4 is 11.9 Å². The van der Waals surface area contributed by atoms with Crippen LogP contribution in [0.25, 0.3) is 0 Å². The lowest BCUT2D eigenvalue weighted by Gasteiger charge is -2.36. The van der Waals surface area contributed by atoms with Crippen molar-refractivity contribution in [1.82, 2.24) is 15.1 Å². The van der Waals surface area contributed by atoms with Gasteiger partial charge in [0.25, 0.3) is 0 Å². The summed E-state index contributed by atoms with van der Waals surface area (Å²) in [6.45, 7) is 4.87. The fraction of sp³-hybridized carbons (Fsp3) is 0.875. The van der Waals surface area contributed by atoms with Gasteiger partial charge in [0.15, 0.2) is 0 Å². The van der Waals surface area contributed by atoms with Crippen LogP contribution in [0, 0.1) is 11.8 Å². The molecular weight excluding hydrogens is 266 g/mol. The topological polar surface area (TPSA) is 52.7 Å². The van der Waals surface area contributed by atoms with Gasteiger partial charge in [0, 0.05) is 38.1 Å². The summed E-state index contributed by atoms with van der Waals surface area (Å²) >= 11 is 0. The van der Waals surface area contributed by atoms with Gasteiger partial charge in [0.2, 0.25) is 5.91 Å². The number of urea groups is 1. The van der Waals surface area contributed by atoms with Crippen molar-refractivity contribution in [2.75, 3.05) is 26.2 Å². The molecular formula is C16H27N3O2. The molecule has 5 heteroatoms. The SMILES string of the molecule is CC1CC1C(=O)N1CCN(C(=O)NC2CCCCC2)CC1. The quantitative estimate of drug-likeness (QED) is 0.844. The van der Waals surface area contributed by atoms with Gasteiger partial charge in [-0.05, 0) is 25.2 Å². The number of hydrogen-bond donors (Lipinski definition) is 1.